The molecule has 38 heavy (non-hydrogen) atoms. The van der Waals surface area contributed by atoms with Gasteiger partial charge in [0, 0.05) is 31.7 Å². The average Bonchev–Trinajstić information content (AvgIpc) is 3.32. The van der Waals surface area contributed by atoms with E-state index in [0.29, 0.717) is 48.1 Å². The van der Waals surface area contributed by atoms with Crippen molar-refractivity contribution in [1.82, 2.24) is 14.2 Å². The normalized spacial score (nSPS) is 11.7. The summed E-state index contributed by atoms with van der Waals surface area (Å²) in [6, 6.07) is 12.0. The van der Waals surface area contributed by atoms with E-state index in [0.717, 1.165) is 30.4 Å². The van der Waals surface area contributed by atoms with E-state index in [9.17, 15) is 13.2 Å². The molecule has 0 aliphatic carbocycles. The van der Waals surface area contributed by atoms with Crippen LogP contribution in [0.25, 0.3) is 10.2 Å². The highest BCUT2D eigenvalue weighted by Crippen LogP contribution is 2.34. The molecule has 1 amide bonds. The fraction of sp³-hybridized carbons (Fsp3) is 0.481. The number of amides is 1. The highest BCUT2D eigenvalue weighted by molar-refractivity contribution is 7.89. The number of para-hydroxylation sites is 1. The minimum Gasteiger partial charge on any atom is -0.494 e. The lowest BCUT2D eigenvalue weighted by Crippen LogP contribution is -2.37. The van der Waals surface area contributed by atoms with Crippen molar-refractivity contribution in [2.75, 3.05) is 52.3 Å². The molecule has 3 rings (SSSR count). The van der Waals surface area contributed by atoms with Crippen molar-refractivity contribution in [3.8, 4) is 5.75 Å². The summed E-state index contributed by atoms with van der Waals surface area (Å²) in [5.41, 5.74) is 1.13. The lowest BCUT2D eigenvalue weighted by atomic mass is 10.2. The largest absolute Gasteiger partial charge is 0.494 e. The smallest absolute Gasteiger partial charge is 0.260 e. The minimum atomic E-state index is -3.63. The summed E-state index contributed by atoms with van der Waals surface area (Å²) in [5, 5.41) is 0.577. The number of hydrogen-bond donors (Lipinski definition) is 0. The van der Waals surface area contributed by atoms with Crippen molar-refractivity contribution in [2.24, 2.45) is 0 Å². The van der Waals surface area contributed by atoms with Gasteiger partial charge in [0.1, 0.15) is 11.3 Å². The fourth-order valence-electron chi connectivity index (χ4n) is 3.87. The van der Waals surface area contributed by atoms with E-state index in [1.165, 1.54) is 11.3 Å². The lowest BCUT2D eigenvalue weighted by molar-refractivity contribution is 0.0985. The SMILES string of the molecule is CCCCN(CCCC)S(=O)(=O)c1ccc(C(=O)N(CCN(C)C)c2nc3c(OC)cccc3s2)cc1.Cl. The molecule has 1 heterocycles. The Labute approximate surface area is 237 Å². The summed E-state index contributed by atoms with van der Waals surface area (Å²) >= 11 is 1.43. The Morgan fingerprint density at radius 1 is 0.947 bits per heavy atom. The Kier molecular flexibility index (Phi) is 12.4. The first-order chi connectivity index (χ1) is 17.7. The van der Waals surface area contributed by atoms with Gasteiger partial charge in [-0.15, -0.1) is 12.4 Å². The predicted octanol–water partition coefficient (Wildman–Crippen LogP) is 5.53. The molecule has 0 bridgehead atoms. The standard InChI is InChI=1S/C27H38N4O4S2.ClH/c1-6-8-17-30(18-9-7-2)37(33,34)22-15-13-21(14-16-22)26(32)31(20-19-29(3)4)27-28-25-23(35-5)11-10-12-24(25)36-27;/h10-16H,6-9,17-20H2,1-5H3;1H. The highest BCUT2D eigenvalue weighted by atomic mass is 35.5. The molecule has 0 N–H and O–H groups in total. The quantitative estimate of drug-likeness (QED) is 0.249. The maximum Gasteiger partial charge on any atom is 0.260 e. The van der Waals surface area contributed by atoms with Gasteiger partial charge in [-0.1, -0.05) is 44.1 Å². The Balaban J connectivity index is 0.00000507. The van der Waals surface area contributed by atoms with E-state index in [4.69, 9.17) is 9.72 Å². The van der Waals surface area contributed by atoms with Gasteiger partial charge >= 0.3 is 0 Å². The molecule has 3 aromatic rings. The van der Waals surface area contributed by atoms with Gasteiger partial charge < -0.3 is 9.64 Å². The van der Waals surface area contributed by atoms with Crippen molar-refractivity contribution in [2.45, 2.75) is 44.4 Å². The molecule has 0 spiro atoms. The molecule has 210 valence electrons. The van der Waals surface area contributed by atoms with Crippen molar-refractivity contribution < 1.29 is 17.9 Å². The second-order valence-corrected chi connectivity index (χ2v) is 12.1. The molecule has 0 radical (unpaired) electrons. The number of carbonyl (C=O) groups is 1. The third-order valence-corrected chi connectivity index (χ3v) is 9.06. The van der Waals surface area contributed by atoms with Gasteiger partial charge in [0.25, 0.3) is 5.91 Å². The topological polar surface area (TPSA) is 83.1 Å². The number of anilines is 1. The summed E-state index contributed by atoms with van der Waals surface area (Å²) in [6.45, 7) is 6.19. The molecule has 0 atom stereocenters. The van der Waals surface area contributed by atoms with Gasteiger partial charge in [-0.05, 0) is 63.3 Å². The van der Waals surface area contributed by atoms with Crippen LogP contribution in [-0.2, 0) is 10.0 Å². The summed E-state index contributed by atoms with van der Waals surface area (Å²) in [4.78, 5) is 22.2. The molecule has 0 unspecified atom stereocenters. The highest BCUT2D eigenvalue weighted by Gasteiger charge is 2.26. The number of halogens is 1. The molecule has 0 aliphatic rings. The Bertz CT molecular complexity index is 1270. The number of hydrogen-bond acceptors (Lipinski definition) is 7. The van der Waals surface area contributed by atoms with Crippen LogP contribution >= 0.6 is 23.7 Å². The second-order valence-electron chi connectivity index (χ2n) is 9.20. The van der Waals surface area contributed by atoms with Crippen LogP contribution in [0, 0.1) is 0 Å². The molecule has 11 heteroatoms. The average molecular weight is 583 g/mol. The third kappa shape index (κ3) is 7.66. The van der Waals surface area contributed by atoms with Crippen LogP contribution in [0.3, 0.4) is 0 Å². The van der Waals surface area contributed by atoms with Crippen molar-refractivity contribution >= 4 is 55.0 Å². The number of likely N-dealkylation sites (N-methyl/N-ethyl adjacent to an activating group) is 1. The van der Waals surface area contributed by atoms with Crippen molar-refractivity contribution in [1.29, 1.82) is 0 Å². The maximum absolute atomic E-state index is 13.6. The molecular weight excluding hydrogens is 544 g/mol. The zero-order valence-corrected chi connectivity index (χ0v) is 25.3. The summed E-state index contributed by atoms with van der Waals surface area (Å²) < 4.78 is 34.6. The number of rotatable bonds is 14. The maximum atomic E-state index is 13.6. The van der Waals surface area contributed by atoms with Gasteiger partial charge in [0.15, 0.2) is 5.13 Å². The van der Waals surface area contributed by atoms with E-state index in [1.807, 2.05) is 37.2 Å². The zero-order chi connectivity index (χ0) is 27.0. The number of benzene rings is 2. The van der Waals surface area contributed by atoms with Gasteiger partial charge in [-0.25, -0.2) is 13.4 Å². The first kappa shape index (κ1) is 32.0. The van der Waals surface area contributed by atoms with E-state index < -0.39 is 10.0 Å². The van der Waals surface area contributed by atoms with E-state index in [2.05, 4.69) is 13.8 Å². The van der Waals surface area contributed by atoms with Gasteiger partial charge in [-0.3, -0.25) is 9.69 Å². The number of unbranched alkanes of at least 4 members (excludes halogenated alkanes) is 2. The van der Waals surface area contributed by atoms with Crippen LogP contribution in [-0.4, -0.2) is 75.9 Å². The predicted molar refractivity (Wildman–Crippen MR) is 159 cm³/mol. The van der Waals surface area contributed by atoms with Crippen molar-refractivity contribution in [3.05, 3.63) is 48.0 Å². The Morgan fingerprint density at radius 3 is 2.13 bits per heavy atom. The Hall–Kier alpha value is -2.24. The number of aromatic nitrogens is 1. The number of nitrogens with zero attached hydrogens (tertiary/aromatic N) is 4. The number of sulfonamides is 1. The summed E-state index contributed by atoms with van der Waals surface area (Å²) in [5.74, 6) is 0.433. The van der Waals surface area contributed by atoms with E-state index in [1.54, 1.807) is 40.6 Å². The van der Waals surface area contributed by atoms with Gasteiger partial charge in [0.05, 0.1) is 16.7 Å². The number of thiazole rings is 1. The van der Waals surface area contributed by atoms with E-state index >= 15 is 0 Å². The molecular formula is C27H39ClN4O4S2. The molecule has 2 aromatic carbocycles. The van der Waals surface area contributed by atoms with E-state index in [-0.39, 0.29) is 23.2 Å². The van der Waals surface area contributed by atoms with Gasteiger partial charge in [0.2, 0.25) is 10.0 Å². The molecule has 0 saturated carbocycles. The fourth-order valence-corrected chi connectivity index (χ4v) is 6.40. The molecule has 0 fully saturated rings. The second kappa shape index (κ2) is 14.8. The zero-order valence-electron chi connectivity index (χ0n) is 22.8. The molecule has 0 aliphatic heterocycles. The number of methoxy groups -OCH3 is 1. The van der Waals surface area contributed by atoms with Crippen LogP contribution in [0.1, 0.15) is 49.9 Å². The van der Waals surface area contributed by atoms with Crippen LogP contribution in [0.2, 0.25) is 0 Å². The van der Waals surface area contributed by atoms with Crippen LogP contribution in [0.5, 0.6) is 5.75 Å². The van der Waals surface area contributed by atoms with Gasteiger partial charge in [-0.2, -0.15) is 4.31 Å². The molecule has 8 nitrogen and oxygen atoms in total. The number of carbonyl (C=O) groups excluding carboxylic acids is 1. The summed E-state index contributed by atoms with van der Waals surface area (Å²) in [7, 11) is 1.87. The third-order valence-electron chi connectivity index (χ3n) is 6.10. The summed E-state index contributed by atoms with van der Waals surface area (Å²) in [6.07, 6.45) is 3.47. The first-order valence-electron chi connectivity index (χ1n) is 12.7. The molecule has 1 aromatic heterocycles. The monoisotopic (exact) mass is 582 g/mol. The van der Waals surface area contributed by atoms with Crippen molar-refractivity contribution in [3.63, 3.8) is 0 Å². The lowest BCUT2D eigenvalue weighted by Gasteiger charge is -2.23. The first-order valence-corrected chi connectivity index (χ1v) is 15.0. The minimum absolute atomic E-state index is 0. The molecule has 0 saturated heterocycles. The van der Waals surface area contributed by atoms with Crippen LogP contribution in [0.4, 0.5) is 5.13 Å². The van der Waals surface area contributed by atoms with Crippen LogP contribution in [0.15, 0.2) is 47.4 Å². The number of fused-ring (bicyclic) bond motifs is 1. The number of ether oxygens (including phenoxy) is 1. The van der Waals surface area contributed by atoms with Crippen LogP contribution < -0.4 is 9.64 Å². The Morgan fingerprint density at radius 2 is 1.58 bits per heavy atom.